The highest BCUT2D eigenvalue weighted by atomic mass is 32.1. The summed E-state index contributed by atoms with van der Waals surface area (Å²) >= 11 is 1.35. The Balaban J connectivity index is 1.42. The van der Waals surface area contributed by atoms with Crippen LogP contribution in [0, 0.1) is 12.7 Å². The van der Waals surface area contributed by atoms with Crippen molar-refractivity contribution in [2.75, 3.05) is 11.1 Å². The van der Waals surface area contributed by atoms with Crippen LogP contribution in [0.4, 0.5) is 15.3 Å². The lowest BCUT2D eigenvalue weighted by Gasteiger charge is -2.16. The molecule has 3 N–H and O–H groups in total. The van der Waals surface area contributed by atoms with Gasteiger partial charge in [-0.1, -0.05) is 41.7 Å². The monoisotopic (exact) mass is 590 g/mol. The van der Waals surface area contributed by atoms with Gasteiger partial charge in [0.25, 0.3) is 5.56 Å². The molecule has 0 aliphatic heterocycles. The Morgan fingerprint density at radius 1 is 1.05 bits per heavy atom. The van der Waals surface area contributed by atoms with E-state index in [0.29, 0.717) is 38.6 Å². The van der Waals surface area contributed by atoms with Crippen LogP contribution in [-0.2, 0) is 11.3 Å². The summed E-state index contributed by atoms with van der Waals surface area (Å²) in [6, 6.07) is 19.2. The number of anilines is 2. The Kier molecular flexibility index (Phi) is 6.20. The number of hydrogen-bond donors (Lipinski definition) is 2. The maximum absolute atomic E-state index is 14.4. The SMILES string of the molecule is CC(=O)Nc1nc2ccc(-c3nn(Cc4cc5cccc(C)c5c(=O)n4-c4cccc(F)c4)c4ncnc(N)c34)cc2s1. The summed E-state index contributed by atoms with van der Waals surface area (Å²) in [5.41, 5.74) is 10.4. The predicted molar refractivity (Wildman–Crippen MR) is 166 cm³/mol. The minimum absolute atomic E-state index is 0.137. The number of halogens is 1. The number of carbonyl (C=O) groups excluding carboxylic acids is 1. The van der Waals surface area contributed by atoms with Gasteiger partial charge in [-0.3, -0.25) is 14.2 Å². The topological polar surface area (TPSA) is 134 Å². The Hall–Kier alpha value is -5.49. The van der Waals surface area contributed by atoms with E-state index in [2.05, 4.69) is 20.3 Å². The number of nitrogens with two attached hydrogens (primary N) is 1. The van der Waals surface area contributed by atoms with Gasteiger partial charge in [-0.2, -0.15) is 5.10 Å². The fourth-order valence-corrected chi connectivity index (χ4v) is 6.33. The minimum Gasteiger partial charge on any atom is -0.383 e. The first-order valence-corrected chi connectivity index (χ1v) is 14.1. The van der Waals surface area contributed by atoms with Crippen molar-refractivity contribution >= 4 is 60.2 Å². The van der Waals surface area contributed by atoms with E-state index in [1.165, 1.54) is 41.3 Å². The van der Waals surface area contributed by atoms with Crippen molar-refractivity contribution in [3.05, 3.63) is 100 Å². The largest absolute Gasteiger partial charge is 0.383 e. The molecule has 3 aromatic carbocycles. The molecule has 1 amide bonds. The summed E-state index contributed by atoms with van der Waals surface area (Å²) in [6.45, 7) is 3.45. The van der Waals surface area contributed by atoms with E-state index in [-0.39, 0.29) is 23.8 Å². The molecular weight excluding hydrogens is 567 g/mol. The molecule has 4 heterocycles. The number of aryl methyl sites for hydroxylation is 1. The van der Waals surface area contributed by atoms with E-state index in [1.807, 2.05) is 49.4 Å². The number of aromatic nitrogens is 6. The molecule has 0 aliphatic rings. The molecular formula is C31H23FN8O2S. The van der Waals surface area contributed by atoms with Crippen molar-refractivity contribution in [2.24, 2.45) is 0 Å². The average Bonchev–Trinajstić information content (AvgIpc) is 3.53. The summed E-state index contributed by atoms with van der Waals surface area (Å²) in [5, 5.41) is 10.0. The number of rotatable bonds is 5. The molecule has 0 radical (unpaired) electrons. The molecule has 0 bridgehead atoms. The molecule has 0 fully saturated rings. The number of nitrogens with one attached hydrogen (secondary N) is 1. The van der Waals surface area contributed by atoms with Crippen molar-refractivity contribution in [2.45, 2.75) is 20.4 Å². The Labute approximate surface area is 247 Å². The van der Waals surface area contributed by atoms with E-state index in [4.69, 9.17) is 10.8 Å². The lowest BCUT2D eigenvalue weighted by molar-refractivity contribution is -0.114. The maximum Gasteiger partial charge on any atom is 0.263 e. The van der Waals surface area contributed by atoms with Gasteiger partial charge in [-0.05, 0) is 54.3 Å². The van der Waals surface area contributed by atoms with Crippen LogP contribution in [0.3, 0.4) is 0 Å². The molecule has 0 aliphatic carbocycles. The molecule has 0 saturated carbocycles. The van der Waals surface area contributed by atoms with Gasteiger partial charge in [0.2, 0.25) is 5.91 Å². The van der Waals surface area contributed by atoms with Crippen molar-refractivity contribution in [1.29, 1.82) is 0 Å². The zero-order valence-corrected chi connectivity index (χ0v) is 23.8. The average molecular weight is 591 g/mol. The molecule has 43 heavy (non-hydrogen) atoms. The third kappa shape index (κ3) is 4.57. The normalized spacial score (nSPS) is 11.5. The number of pyridine rings is 1. The molecule has 0 unspecified atom stereocenters. The Morgan fingerprint density at radius 2 is 1.88 bits per heavy atom. The highest BCUT2D eigenvalue weighted by Gasteiger charge is 2.21. The first kappa shape index (κ1) is 26.4. The van der Waals surface area contributed by atoms with Gasteiger partial charge in [0.15, 0.2) is 10.8 Å². The van der Waals surface area contributed by atoms with Crippen LogP contribution in [0.15, 0.2) is 77.9 Å². The summed E-state index contributed by atoms with van der Waals surface area (Å²) in [7, 11) is 0. The van der Waals surface area contributed by atoms with Crippen molar-refractivity contribution in [3.8, 4) is 16.9 Å². The van der Waals surface area contributed by atoms with Crippen molar-refractivity contribution in [1.82, 2.24) is 29.3 Å². The van der Waals surface area contributed by atoms with E-state index in [9.17, 15) is 14.0 Å². The second-order valence-electron chi connectivity index (χ2n) is 10.1. The zero-order chi connectivity index (χ0) is 29.8. The molecule has 4 aromatic heterocycles. The Bertz CT molecular complexity index is 2310. The second-order valence-corrected chi connectivity index (χ2v) is 11.2. The molecule has 212 valence electrons. The summed E-state index contributed by atoms with van der Waals surface area (Å²) in [6.07, 6.45) is 1.37. The Morgan fingerprint density at radius 3 is 2.70 bits per heavy atom. The van der Waals surface area contributed by atoms with Gasteiger partial charge in [-0.15, -0.1) is 0 Å². The van der Waals surface area contributed by atoms with Crippen molar-refractivity contribution in [3.63, 3.8) is 0 Å². The fourth-order valence-electron chi connectivity index (χ4n) is 5.38. The number of thiazole rings is 1. The van der Waals surface area contributed by atoms with Gasteiger partial charge in [0.1, 0.15) is 23.7 Å². The van der Waals surface area contributed by atoms with Crippen LogP contribution in [0.5, 0.6) is 0 Å². The molecule has 0 atom stereocenters. The number of amides is 1. The number of nitrogens with zero attached hydrogens (tertiary/aromatic N) is 6. The van der Waals surface area contributed by atoms with Gasteiger partial charge in [0, 0.05) is 18.2 Å². The van der Waals surface area contributed by atoms with E-state index >= 15 is 0 Å². The lowest BCUT2D eigenvalue weighted by atomic mass is 10.1. The first-order valence-electron chi connectivity index (χ1n) is 13.3. The van der Waals surface area contributed by atoms with Crippen LogP contribution in [0.25, 0.3) is 49.0 Å². The van der Waals surface area contributed by atoms with Gasteiger partial charge in [0.05, 0.1) is 33.2 Å². The number of carbonyl (C=O) groups is 1. The lowest BCUT2D eigenvalue weighted by Crippen LogP contribution is -2.24. The zero-order valence-electron chi connectivity index (χ0n) is 23.0. The van der Waals surface area contributed by atoms with E-state index in [1.54, 1.807) is 16.8 Å². The quantitative estimate of drug-likeness (QED) is 0.273. The molecule has 0 saturated heterocycles. The standard InChI is InChI=1S/C31H23FN8O2S/c1-16-5-3-6-18-11-22(40(30(42)25(16)18)21-8-4-7-20(32)13-21)14-39-29-26(28(33)34-15-35-29)27(38-39)19-9-10-23-24(12-19)43-31(37-23)36-17(2)41/h3-13,15H,14H2,1-2H3,(H2,33,34,35)(H,36,37,41). The molecule has 0 spiro atoms. The number of nitrogen functional groups attached to an aromatic ring is 1. The predicted octanol–water partition coefficient (Wildman–Crippen LogP) is 5.44. The number of benzene rings is 3. The summed E-state index contributed by atoms with van der Waals surface area (Å²) in [5.74, 6) is -0.395. The van der Waals surface area contributed by atoms with Crippen LogP contribution in [-0.4, -0.2) is 35.2 Å². The van der Waals surface area contributed by atoms with Crippen molar-refractivity contribution < 1.29 is 9.18 Å². The van der Waals surface area contributed by atoms with Crippen LogP contribution >= 0.6 is 11.3 Å². The van der Waals surface area contributed by atoms with E-state index in [0.717, 1.165) is 26.7 Å². The molecule has 10 nitrogen and oxygen atoms in total. The van der Waals surface area contributed by atoms with Crippen LogP contribution in [0.1, 0.15) is 18.2 Å². The first-order chi connectivity index (χ1) is 20.8. The van der Waals surface area contributed by atoms with Gasteiger partial charge in [-0.25, -0.2) is 24.0 Å². The summed E-state index contributed by atoms with van der Waals surface area (Å²) in [4.78, 5) is 38.7. The van der Waals surface area contributed by atoms with E-state index < -0.39 is 5.82 Å². The molecule has 12 heteroatoms. The fraction of sp³-hybridized carbons (Fsp3) is 0.0968. The second kappa shape index (κ2) is 10.1. The van der Waals surface area contributed by atoms with Crippen LogP contribution in [0.2, 0.25) is 0 Å². The van der Waals surface area contributed by atoms with Crippen LogP contribution < -0.4 is 16.6 Å². The number of hydrogen-bond acceptors (Lipinski definition) is 8. The number of fused-ring (bicyclic) bond motifs is 3. The maximum atomic E-state index is 14.4. The summed E-state index contributed by atoms with van der Waals surface area (Å²) < 4.78 is 18.4. The third-order valence-corrected chi connectivity index (χ3v) is 8.15. The third-order valence-electron chi connectivity index (χ3n) is 7.21. The molecule has 7 rings (SSSR count). The minimum atomic E-state index is -0.451. The highest BCUT2D eigenvalue weighted by Crippen LogP contribution is 2.35. The van der Waals surface area contributed by atoms with Gasteiger partial charge < -0.3 is 11.1 Å². The smallest absolute Gasteiger partial charge is 0.263 e. The highest BCUT2D eigenvalue weighted by molar-refractivity contribution is 7.22. The molecule has 7 aromatic rings. The van der Waals surface area contributed by atoms with Gasteiger partial charge >= 0.3 is 0 Å².